The van der Waals surface area contributed by atoms with Crippen LogP contribution in [-0.4, -0.2) is 127 Å². The van der Waals surface area contributed by atoms with Gasteiger partial charge in [0.05, 0.1) is 18.1 Å². The summed E-state index contributed by atoms with van der Waals surface area (Å²) in [5.74, 6) is -1.52. The lowest BCUT2D eigenvalue weighted by molar-refractivity contribution is -0.324. The molecule has 14 nitrogen and oxygen atoms in total. The van der Waals surface area contributed by atoms with Crippen LogP contribution >= 0.6 is 0 Å². The number of carboxylic acids is 1. The lowest BCUT2D eigenvalue weighted by Crippen LogP contribution is -2.66. The molecule has 18 atom stereocenters. The van der Waals surface area contributed by atoms with Gasteiger partial charge in [0.25, 0.3) is 0 Å². The third-order valence-electron chi connectivity index (χ3n) is 17.2. The van der Waals surface area contributed by atoms with Crippen molar-refractivity contribution in [2.24, 2.45) is 50.2 Å². The zero-order chi connectivity index (χ0) is 41.1. The van der Waals surface area contributed by atoms with Gasteiger partial charge < -0.3 is 59.8 Å². The Morgan fingerprint density at radius 2 is 1.39 bits per heavy atom. The van der Waals surface area contributed by atoms with E-state index in [1.807, 2.05) is 0 Å². The van der Waals surface area contributed by atoms with Crippen molar-refractivity contribution in [2.45, 2.75) is 180 Å². The van der Waals surface area contributed by atoms with Crippen molar-refractivity contribution in [3.8, 4) is 0 Å². The van der Waals surface area contributed by atoms with E-state index in [0.717, 1.165) is 44.9 Å². The summed E-state index contributed by atoms with van der Waals surface area (Å²) >= 11 is 0. The standard InChI is InChI=1S/C42H66O14/c1-37(2)14-16-42(36(52)56-34-30(48)27(45)26(44)22(19-43)53-34)17-15-40(6)20(21(42)18-37)8-9-24-39(5)12-11-25(38(3,4)23(39)10-13-41(24,40)7)54-35-31(49)28(46)29(47)32(55-35)33(50)51/h8,21-32,34-35,43-49H,9-19H2,1-7H3,(H,50,51)/t21-,22+,23-,24+,25+,26+,27-,28-,29-,30+,31+,32-,34-,35+,39-,40+,41+,42-/m0/s1. The Labute approximate surface area is 329 Å². The van der Waals surface area contributed by atoms with E-state index in [-0.39, 0.29) is 33.5 Å². The quantitative estimate of drug-likeness (QED) is 0.110. The van der Waals surface area contributed by atoms with Crippen LogP contribution < -0.4 is 0 Å². The second-order valence-corrected chi connectivity index (χ2v) is 20.7. The molecular weight excluding hydrogens is 728 g/mol. The number of esters is 1. The van der Waals surface area contributed by atoms with E-state index in [2.05, 4.69) is 54.5 Å². The normalized spacial score (nSPS) is 52.3. The number of hydrogen-bond acceptors (Lipinski definition) is 13. The largest absolute Gasteiger partial charge is 0.479 e. The van der Waals surface area contributed by atoms with Crippen LogP contribution in [0.1, 0.15) is 113 Å². The molecule has 0 bridgehead atoms. The van der Waals surface area contributed by atoms with Crippen LogP contribution in [0, 0.1) is 50.2 Å². The molecule has 6 fully saturated rings. The minimum Gasteiger partial charge on any atom is -0.479 e. The second-order valence-electron chi connectivity index (χ2n) is 20.7. The van der Waals surface area contributed by atoms with E-state index in [9.17, 15) is 50.4 Å². The van der Waals surface area contributed by atoms with E-state index in [0.29, 0.717) is 25.2 Å². The highest BCUT2D eigenvalue weighted by molar-refractivity contribution is 5.79. The second kappa shape index (κ2) is 14.2. The smallest absolute Gasteiger partial charge is 0.335 e. The number of hydrogen-bond donors (Lipinski definition) is 8. The van der Waals surface area contributed by atoms with E-state index < -0.39 is 96.9 Å². The summed E-state index contributed by atoms with van der Waals surface area (Å²) in [6.07, 6.45) is -6.14. The van der Waals surface area contributed by atoms with Crippen molar-refractivity contribution in [1.82, 2.24) is 0 Å². The molecular formula is C42H66O14. The number of allylic oxidation sites excluding steroid dienone is 2. The van der Waals surface area contributed by atoms with Crippen molar-refractivity contribution >= 4 is 11.9 Å². The maximum absolute atomic E-state index is 14.6. The fourth-order valence-electron chi connectivity index (χ4n) is 13.5. The van der Waals surface area contributed by atoms with Crippen LogP contribution in [0.4, 0.5) is 0 Å². The highest BCUT2D eigenvalue weighted by Gasteiger charge is 2.70. The molecule has 5 aliphatic carbocycles. The molecule has 0 aromatic carbocycles. The van der Waals surface area contributed by atoms with Crippen molar-refractivity contribution < 1.29 is 69.4 Å². The van der Waals surface area contributed by atoms with Crippen LogP contribution in [0.25, 0.3) is 0 Å². The summed E-state index contributed by atoms with van der Waals surface area (Å²) in [5, 5.41) is 82.4. The number of aliphatic hydroxyl groups is 7. The fraction of sp³-hybridized carbons (Fsp3) is 0.905. The van der Waals surface area contributed by atoms with Gasteiger partial charge >= 0.3 is 11.9 Å². The molecule has 318 valence electrons. The molecule has 2 heterocycles. The minimum absolute atomic E-state index is 0.0330. The Morgan fingerprint density at radius 1 is 0.750 bits per heavy atom. The van der Waals surface area contributed by atoms with Crippen molar-refractivity contribution in [3.63, 3.8) is 0 Å². The summed E-state index contributed by atoms with van der Waals surface area (Å²) in [7, 11) is 0. The van der Waals surface area contributed by atoms with E-state index in [4.69, 9.17) is 18.9 Å². The van der Waals surface area contributed by atoms with Gasteiger partial charge in [-0.1, -0.05) is 60.1 Å². The third kappa shape index (κ3) is 6.17. The molecule has 4 saturated carbocycles. The van der Waals surface area contributed by atoms with Crippen molar-refractivity contribution in [1.29, 1.82) is 0 Å². The lowest BCUT2D eigenvalue weighted by Gasteiger charge is -2.71. The number of rotatable bonds is 6. The first-order valence-corrected chi connectivity index (χ1v) is 20.8. The number of aliphatic hydroxyl groups excluding tert-OH is 7. The summed E-state index contributed by atoms with van der Waals surface area (Å²) < 4.78 is 23.5. The van der Waals surface area contributed by atoms with Gasteiger partial charge in [0.2, 0.25) is 6.29 Å². The van der Waals surface area contributed by atoms with Crippen LogP contribution in [0.2, 0.25) is 0 Å². The van der Waals surface area contributed by atoms with Gasteiger partial charge in [-0.2, -0.15) is 0 Å². The van der Waals surface area contributed by atoms with Crippen LogP contribution in [0.5, 0.6) is 0 Å². The zero-order valence-corrected chi connectivity index (χ0v) is 34.0. The summed E-state index contributed by atoms with van der Waals surface area (Å²) in [5.41, 5.74) is -0.448. The molecule has 2 aliphatic heterocycles. The molecule has 56 heavy (non-hydrogen) atoms. The van der Waals surface area contributed by atoms with E-state index >= 15 is 0 Å². The molecule has 14 heteroatoms. The Kier molecular flexibility index (Phi) is 10.8. The Hall–Kier alpha value is -1.72. The lowest BCUT2D eigenvalue weighted by atomic mass is 9.33. The van der Waals surface area contributed by atoms with Gasteiger partial charge in [0.15, 0.2) is 12.4 Å². The summed E-state index contributed by atoms with van der Waals surface area (Å²) in [6.45, 7) is 15.5. The summed E-state index contributed by atoms with van der Waals surface area (Å²) in [4.78, 5) is 26.4. The number of carbonyl (C=O) groups excluding carboxylic acids is 1. The van der Waals surface area contributed by atoms with Crippen LogP contribution in [-0.2, 0) is 28.5 Å². The molecule has 8 N–H and O–H groups in total. The van der Waals surface area contributed by atoms with Gasteiger partial charge in [-0.05, 0) is 109 Å². The van der Waals surface area contributed by atoms with Gasteiger partial charge in [-0.25, -0.2) is 4.79 Å². The zero-order valence-electron chi connectivity index (χ0n) is 34.0. The van der Waals surface area contributed by atoms with Gasteiger partial charge in [-0.15, -0.1) is 0 Å². The average Bonchev–Trinajstić information content (AvgIpc) is 3.12. The highest BCUT2D eigenvalue weighted by atomic mass is 16.7. The molecule has 0 unspecified atom stereocenters. The molecule has 7 rings (SSSR count). The number of carboxylic acid groups (broad SMARTS) is 1. The molecule has 0 aromatic rings. The Morgan fingerprint density at radius 3 is 2.05 bits per heavy atom. The van der Waals surface area contributed by atoms with Crippen LogP contribution in [0.15, 0.2) is 11.6 Å². The molecule has 2 saturated heterocycles. The first-order valence-electron chi connectivity index (χ1n) is 20.8. The number of aliphatic carboxylic acids is 1. The highest BCUT2D eigenvalue weighted by Crippen LogP contribution is 2.76. The maximum atomic E-state index is 14.6. The first-order chi connectivity index (χ1) is 26.0. The van der Waals surface area contributed by atoms with E-state index in [1.54, 1.807) is 0 Å². The molecule has 0 aromatic heterocycles. The van der Waals surface area contributed by atoms with E-state index in [1.165, 1.54) is 5.57 Å². The topological polar surface area (TPSA) is 233 Å². The van der Waals surface area contributed by atoms with Crippen molar-refractivity contribution in [3.05, 3.63) is 11.6 Å². The molecule has 7 aliphatic rings. The number of carbonyl (C=O) groups is 2. The van der Waals surface area contributed by atoms with Crippen LogP contribution in [0.3, 0.4) is 0 Å². The number of ether oxygens (including phenoxy) is 4. The minimum atomic E-state index is -1.79. The first kappa shape index (κ1) is 42.4. The Bertz CT molecular complexity index is 1560. The van der Waals surface area contributed by atoms with Gasteiger partial charge in [-0.3, -0.25) is 4.79 Å². The predicted molar refractivity (Wildman–Crippen MR) is 198 cm³/mol. The third-order valence-corrected chi connectivity index (χ3v) is 17.2. The molecule has 0 amide bonds. The Balaban J connectivity index is 1.16. The molecule has 0 radical (unpaired) electrons. The average molecular weight is 795 g/mol. The van der Waals surface area contributed by atoms with Gasteiger partial charge in [0.1, 0.15) is 42.7 Å². The monoisotopic (exact) mass is 794 g/mol. The van der Waals surface area contributed by atoms with Crippen molar-refractivity contribution in [2.75, 3.05) is 6.61 Å². The van der Waals surface area contributed by atoms with Gasteiger partial charge in [0, 0.05) is 0 Å². The molecule has 0 spiro atoms. The SMILES string of the molecule is CC1(C)CC[C@]2(C(=O)O[C@@H]3O[C@H](CO)[C@@H](O)[C@H](O)[C@H]3O)CC[C@]3(C)C(=CC[C@@H]4[C@@]5(C)CC[C@@H](O[C@@H]6O[C@H](C(=O)O)[C@@H](O)[C@H](O)[C@H]6O)C(C)(C)[C@@H]5CC[C@]43C)[C@@H]2C1. The number of fused-ring (bicyclic) bond motifs is 7. The summed E-state index contributed by atoms with van der Waals surface area (Å²) in [6, 6.07) is 0. The maximum Gasteiger partial charge on any atom is 0.335 e. The fourth-order valence-corrected chi connectivity index (χ4v) is 13.5. The predicted octanol–water partition coefficient (Wildman–Crippen LogP) is 2.41.